The molecule has 0 spiro atoms. The Morgan fingerprint density at radius 3 is 2.88 bits per heavy atom. The summed E-state index contributed by atoms with van der Waals surface area (Å²) >= 11 is 3.47. The lowest BCUT2D eigenvalue weighted by Gasteiger charge is -2.53. The van der Waals surface area contributed by atoms with Gasteiger partial charge in [-0.2, -0.15) is 0 Å². The Bertz CT molecular complexity index is 396. The second kappa shape index (κ2) is 4.99. The first-order valence-electron chi connectivity index (χ1n) is 6.19. The third-order valence-electron chi connectivity index (χ3n) is 4.17. The van der Waals surface area contributed by atoms with Crippen LogP contribution < -0.4 is 10.1 Å². The van der Waals surface area contributed by atoms with Crippen LogP contribution in [0.5, 0.6) is 5.75 Å². The molecule has 1 saturated carbocycles. The second-order valence-electron chi connectivity index (χ2n) is 5.00. The molecule has 1 N–H and O–H groups in total. The number of rotatable bonds is 4. The number of benzene rings is 1. The van der Waals surface area contributed by atoms with Gasteiger partial charge in [-0.3, -0.25) is 0 Å². The fraction of sp³-hybridized carbons (Fsp3) is 0.571. The highest BCUT2D eigenvalue weighted by Crippen LogP contribution is 2.45. The quantitative estimate of drug-likeness (QED) is 0.917. The summed E-state index contributed by atoms with van der Waals surface area (Å²) < 4.78 is 7.17. The average molecular weight is 298 g/mol. The largest absolute Gasteiger partial charge is 0.490 e. The van der Waals surface area contributed by atoms with E-state index >= 15 is 0 Å². The number of hydrogen-bond acceptors (Lipinski definition) is 2. The smallest absolute Gasteiger partial charge is 0.120 e. The summed E-state index contributed by atoms with van der Waals surface area (Å²) in [5, 5.41) is 3.38. The lowest BCUT2D eigenvalue weighted by molar-refractivity contribution is -0.0677. The molecule has 17 heavy (non-hydrogen) atoms. The molecule has 0 saturated heterocycles. The van der Waals surface area contributed by atoms with Crippen LogP contribution >= 0.6 is 15.9 Å². The van der Waals surface area contributed by atoms with E-state index in [2.05, 4.69) is 35.1 Å². The van der Waals surface area contributed by atoms with Crippen molar-refractivity contribution in [2.45, 2.75) is 38.8 Å². The summed E-state index contributed by atoms with van der Waals surface area (Å²) in [6.07, 6.45) is 2.55. The van der Waals surface area contributed by atoms with Crippen LogP contribution in [-0.4, -0.2) is 19.2 Å². The highest BCUT2D eigenvalue weighted by Gasteiger charge is 2.51. The van der Waals surface area contributed by atoms with Gasteiger partial charge >= 0.3 is 0 Å². The number of nitrogens with one attached hydrogen (secondary N) is 1. The summed E-state index contributed by atoms with van der Waals surface area (Å²) in [6, 6.07) is 8.65. The van der Waals surface area contributed by atoms with Crippen molar-refractivity contribution in [3.05, 3.63) is 28.7 Å². The van der Waals surface area contributed by atoms with Gasteiger partial charge in [0.05, 0.1) is 0 Å². The molecular weight excluding hydrogens is 278 g/mol. The summed E-state index contributed by atoms with van der Waals surface area (Å²) in [7, 11) is 2.04. The lowest BCUT2D eigenvalue weighted by Crippen LogP contribution is -2.62. The first-order valence-corrected chi connectivity index (χ1v) is 6.99. The summed E-state index contributed by atoms with van der Waals surface area (Å²) in [6.45, 7) is 4.54. The first-order chi connectivity index (χ1) is 8.10. The van der Waals surface area contributed by atoms with Crippen LogP contribution in [0.2, 0.25) is 0 Å². The van der Waals surface area contributed by atoms with Gasteiger partial charge in [-0.05, 0) is 31.7 Å². The SMILES string of the molecule is CCC1(C)C(NC)CC1Oc1cccc(Br)c1. The van der Waals surface area contributed by atoms with Crippen LogP contribution in [0.4, 0.5) is 0 Å². The van der Waals surface area contributed by atoms with E-state index in [1.807, 2.05) is 31.3 Å². The van der Waals surface area contributed by atoms with Crippen LogP contribution in [0.1, 0.15) is 26.7 Å². The molecule has 1 aliphatic carbocycles. The van der Waals surface area contributed by atoms with E-state index in [-0.39, 0.29) is 5.41 Å². The maximum absolute atomic E-state index is 6.10. The molecule has 0 aromatic heterocycles. The van der Waals surface area contributed by atoms with E-state index in [9.17, 15) is 0 Å². The molecule has 1 aromatic carbocycles. The van der Waals surface area contributed by atoms with Crippen molar-refractivity contribution in [3.63, 3.8) is 0 Å². The van der Waals surface area contributed by atoms with Crippen molar-refractivity contribution in [1.29, 1.82) is 0 Å². The van der Waals surface area contributed by atoms with Gasteiger partial charge in [0, 0.05) is 22.4 Å². The zero-order valence-corrected chi connectivity index (χ0v) is 12.3. The molecule has 1 fully saturated rings. The first kappa shape index (κ1) is 12.9. The molecule has 0 radical (unpaired) electrons. The van der Waals surface area contributed by atoms with E-state index in [4.69, 9.17) is 4.74 Å². The van der Waals surface area contributed by atoms with Crippen LogP contribution in [0.3, 0.4) is 0 Å². The van der Waals surface area contributed by atoms with Gasteiger partial charge < -0.3 is 10.1 Å². The van der Waals surface area contributed by atoms with Crippen LogP contribution in [0, 0.1) is 5.41 Å². The van der Waals surface area contributed by atoms with E-state index in [1.165, 1.54) is 0 Å². The molecule has 0 amide bonds. The second-order valence-corrected chi connectivity index (χ2v) is 5.92. The summed E-state index contributed by atoms with van der Waals surface area (Å²) in [5.74, 6) is 0.957. The molecule has 3 unspecified atom stereocenters. The molecule has 3 heteroatoms. The Labute approximate surface area is 112 Å². The van der Waals surface area contributed by atoms with Crippen molar-refractivity contribution < 1.29 is 4.74 Å². The fourth-order valence-corrected chi connectivity index (χ4v) is 3.00. The molecule has 2 nitrogen and oxygen atoms in total. The monoisotopic (exact) mass is 297 g/mol. The fourth-order valence-electron chi connectivity index (χ4n) is 2.63. The van der Waals surface area contributed by atoms with Crippen molar-refractivity contribution in [2.75, 3.05) is 7.05 Å². The third-order valence-corrected chi connectivity index (χ3v) is 4.66. The van der Waals surface area contributed by atoms with Crippen LogP contribution in [0.25, 0.3) is 0 Å². The van der Waals surface area contributed by atoms with E-state index in [1.54, 1.807) is 0 Å². The third kappa shape index (κ3) is 2.36. The predicted octanol–water partition coefficient (Wildman–Crippen LogP) is 3.60. The number of hydrogen-bond donors (Lipinski definition) is 1. The van der Waals surface area contributed by atoms with Gasteiger partial charge in [0.15, 0.2) is 0 Å². The van der Waals surface area contributed by atoms with Gasteiger partial charge in [0.25, 0.3) is 0 Å². The molecule has 1 aromatic rings. The molecule has 0 heterocycles. The molecule has 94 valence electrons. The molecule has 3 atom stereocenters. The minimum absolute atomic E-state index is 0.247. The zero-order chi connectivity index (χ0) is 12.5. The van der Waals surface area contributed by atoms with Crippen molar-refractivity contribution in [1.82, 2.24) is 5.32 Å². The summed E-state index contributed by atoms with van der Waals surface area (Å²) in [4.78, 5) is 0. The van der Waals surface area contributed by atoms with Crippen molar-refractivity contribution in [3.8, 4) is 5.75 Å². The number of halogens is 1. The maximum atomic E-state index is 6.10. The Kier molecular flexibility index (Phi) is 3.79. The average Bonchev–Trinajstić information content (AvgIpc) is 2.33. The van der Waals surface area contributed by atoms with Gasteiger partial charge in [-0.25, -0.2) is 0 Å². The van der Waals surface area contributed by atoms with Crippen molar-refractivity contribution in [2.24, 2.45) is 5.41 Å². The van der Waals surface area contributed by atoms with E-state index < -0.39 is 0 Å². The Balaban J connectivity index is 2.06. The Morgan fingerprint density at radius 2 is 2.29 bits per heavy atom. The zero-order valence-electron chi connectivity index (χ0n) is 10.7. The molecule has 0 aliphatic heterocycles. The van der Waals surface area contributed by atoms with Gasteiger partial charge in [-0.1, -0.05) is 35.8 Å². The Morgan fingerprint density at radius 1 is 1.53 bits per heavy atom. The number of ether oxygens (including phenoxy) is 1. The molecule has 1 aliphatic rings. The maximum Gasteiger partial charge on any atom is 0.120 e. The van der Waals surface area contributed by atoms with Gasteiger partial charge in [0.2, 0.25) is 0 Å². The molecule has 2 rings (SSSR count). The standard InChI is InChI=1S/C14H20BrNO/c1-4-14(2)12(16-3)9-13(14)17-11-7-5-6-10(15)8-11/h5-8,12-13,16H,4,9H2,1-3H3. The highest BCUT2D eigenvalue weighted by atomic mass is 79.9. The van der Waals surface area contributed by atoms with E-state index in [0.717, 1.165) is 23.1 Å². The van der Waals surface area contributed by atoms with Gasteiger partial charge in [-0.15, -0.1) is 0 Å². The van der Waals surface area contributed by atoms with Crippen LogP contribution in [0.15, 0.2) is 28.7 Å². The van der Waals surface area contributed by atoms with Crippen LogP contribution in [-0.2, 0) is 0 Å². The molecular formula is C14H20BrNO. The van der Waals surface area contributed by atoms with Crippen molar-refractivity contribution >= 4 is 15.9 Å². The molecule has 0 bridgehead atoms. The highest BCUT2D eigenvalue weighted by molar-refractivity contribution is 9.10. The summed E-state index contributed by atoms with van der Waals surface area (Å²) in [5.41, 5.74) is 0.247. The lowest BCUT2D eigenvalue weighted by atomic mass is 9.61. The van der Waals surface area contributed by atoms with E-state index in [0.29, 0.717) is 12.1 Å². The minimum atomic E-state index is 0.247. The van der Waals surface area contributed by atoms with Gasteiger partial charge in [0.1, 0.15) is 11.9 Å². The minimum Gasteiger partial charge on any atom is -0.490 e. The topological polar surface area (TPSA) is 21.3 Å². The predicted molar refractivity (Wildman–Crippen MR) is 74.4 cm³/mol. The Hall–Kier alpha value is -0.540. The normalized spacial score (nSPS) is 32.0.